The van der Waals surface area contributed by atoms with E-state index < -0.39 is 0 Å². The summed E-state index contributed by atoms with van der Waals surface area (Å²) in [5.41, 5.74) is 7.70. The number of hydrogen-bond donors (Lipinski definition) is 2. The molecule has 1 aromatic carbocycles. The summed E-state index contributed by atoms with van der Waals surface area (Å²) in [7, 11) is 1.96. The van der Waals surface area contributed by atoms with Gasteiger partial charge in [0, 0.05) is 13.5 Å². The van der Waals surface area contributed by atoms with Crippen LogP contribution in [0.5, 0.6) is 5.75 Å². The highest BCUT2D eigenvalue weighted by Crippen LogP contribution is 2.27. The van der Waals surface area contributed by atoms with E-state index in [1.807, 2.05) is 18.7 Å². The van der Waals surface area contributed by atoms with Gasteiger partial charge in [0.2, 0.25) is 0 Å². The second-order valence-electron chi connectivity index (χ2n) is 5.63. The van der Waals surface area contributed by atoms with Crippen molar-refractivity contribution in [1.29, 1.82) is 0 Å². The van der Waals surface area contributed by atoms with Crippen LogP contribution in [-0.2, 0) is 19.9 Å². The van der Waals surface area contributed by atoms with Gasteiger partial charge in [-0.2, -0.15) is 5.10 Å². The first-order valence-corrected chi connectivity index (χ1v) is 7.38. The van der Waals surface area contributed by atoms with Crippen LogP contribution in [0.4, 0.5) is 0 Å². The monoisotopic (exact) mass is 286 g/mol. The molecule has 0 spiro atoms. The van der Waals surface area contributed by atoms with Gasteiger partial charge in [0.1, 0.15) is 5.75 Å². The first kappa shape index (κ1) is 14.1. The fraction of sp³-hybridized carbons (Fsp3) is 0.438. The standard InChI is InChI=1S/C16H22N4O/c1-11-9-15(20(2)19-11)14(18-17)5-3-12-4-6-16-13(10-12)7-8-21-16/h4,6,9-10,14,18H,3,5,7-8,17H2,1-2H3. The van der Waals surface area contributed by atoms with E-state index in [0.717, 1.165) is 43.0 Å². The van der Waals surface area contributed by atoms with E-state index in [2.05, 4.69) is 34.8 Å². The van der Waals surface area contributed by atoms with Gasteiger partial charge in [-0.3, -0.25) is 16.0 Å². The SMILES string of the molecule is Cc1cc(C(CCc2ccc3c(c2)CCO3)NN)n(C)n1. The number of aromatic nitrogens is 2. The summed E-state index contributed by atoms with van der Waals surface area (Å²) in [5, 5.41) is 4.39. The number of ether oxygens (including phenoxy) is 1. The first-order chi connectivity index (χ1) is 10.2. The molecule has 0 saturated heterocycles. The van der Waals surface area contributed by atoms with Gasteiger partial charge in [-0.25, -0.2) is 0 Å². The number of hydrazine groups is 1. The lowest BCUT2D eigenvalue weighted by Gasteiger charge is -2.16. The molecule has 0 radical (unpaired) electrons. The Bertz CT molecular complexity index is 635. The van der Waals surface area contributed by atoms with Crippen LogP contribution in [0.15, 0.2) is 24.3 Å². The summed E-state index contributed by atoms with van der Waals surface area (Å²) in [4.78, 5) is 0. The minimum atomic E-state index is 0.112. The van der Waals surface area contributed by atoms with E-state index in [1.165, 1.54) is 11.1 Å². The van der Waals surface area contributed by atoms with E-state index >= 15 is 0 Å². The predicted octanol–water partition coefficient (Wildman–Crippen LogP) is 1.80. The van der Waals surface area contributed by atoms with Crippen LogP contribution in [0.1, 0.15) is 35.0 Å². The zero-order chi connectivity index (χ0) is 14.8. The van der Waals surface area contributed by atoms with Crippen LogP contribution in [-0.4, -0.2) is 16.4 Å². The molecule has 0 amide bonds. The van der Waals surface area contributed by atoms with Crippen LogP contribution in [0.2, 0.25) is 0 Å². The van der Waals surface area contributed by atoms with Gasteiger partial charge in [0.25, 0.3) is 0 Å². The van der Waals surface area contributed by atoms with Crippen LogP contribution >= 0.6 is 0 Å². The summed E-state index contributed by atoms with van der Waals surface area (Å²) >= 11 is 0. The molecule has 1 atom stereocenters. The Balaban J connectivity index is 1.69. The molecular weight excluding hydrogens is 264 g/mol. The number of hydrogen-bond acceptors (Lipinski definition) is 4. The Morgan fingerprint density at radius 2 is 2.29 bits per heavy atom. The fourth-order valence-electron chi connectivity index (χ4n) is 2.98. The average molecular weight is 286 g/mol. The van der Waals surface area contributed by atoms with Crippen LogP contribution in [0.3, 0.4) is 0 Å². The molecule has 2 aromatic rings. The molecule has 1 aromatic heterocycles. The summed E-state index contributed by atoms with van der Waals surface area (Å²) in [5.74, 6) is 6.76. The van der Waals surface area contributed by atoms with Gasteiger partial charge >= 0.3 is 0 Å². The Labute approximate surface area is 125 Å². The number of benzene rings is 1. The van der Waals surface area contributed by atoms with Gasteiger partial charge in [0.15, 0.2) is 0 Å². The van der Waals surface area contributed by atoms with Crippen molar-refractivity contribution in [2.75, 3.05) is 6.61 Å². The second-order valence-corrected chi connectivity index (χ2v) is 5.63. The third-order valence-corrected chi connectivity index (χ3v) is 4.07. The van der Waals surface area contributed by atoms with Crippen molar-refractivity contribution >= 4 is 0 Å². The molecule has 0 saturated carbocycles. The normalized spacial score (nSPS) is 14.8. The fourth-order valence-corrected chi connectivity index (χ4v) is 2.98. The first-order valence-electron chi connectivity index (χ1n) is 7.38. The van der Waals surface area contributed by atoms with E-state index in [4.69, 9.17) is 10.6 Å². The lowest BCUT2D eigenvalue weighted by atomic mass is 10.0. The quantitative estimate of drug-likeness (QED) is 0.650. The smallest absolute Gasteiger partial charge is 0.122 e. The topological polar surface area (TPSA) is 65.1 Å². The largest absolute Gasteiger partial charge is 0.493 e. The van der Waals surface area contributed by atoms with Gasteiger partial charge in [-0.1, -0.05) is 12.1 Å². The molecule has 1 aliphatic heterocycles. The van der Waals surface area contributed by atoms with Crippen molar-refractivity contribution in [2.24, 2.45) is 12.9 Å². The maximum absolute atomic E-state index is 5.73. The number of fused-ring (bicyclic) bond motifs is 1. The van der Waals surface area contributed by atoms with Gasteiger partial charge < -0.3 is 4.74 Å². The van der Waals surface area contributed by atoms with Crippen molar-refractivity contribution in [2.45, 2.75) is 32.2 Å². The molecule has 1 unspecified atom stereocenters. The lowest BCUT2D eigenvalue weighted by Crippen LogP contribution is -2.30. The molecule has 0 fully saturated rings. The van der Waals surface area contributed by atoms with Crippen molar-refractivity contribution in [3.05, 3.63) is 46.8 Å². The zero-order valence-corrected chi connectivity index (χ0v) is 12.6. The zero-order valence-electron chi connectivity index (χ0n) is 12.6. The Morgan fingerprint density at radius 3 is 3.00 bits per heavy atom. The molecule has 0 aliphatic carbocycles. The highest BCUT2D eigenvalue weighted by Gasteiger charge is 2.16. The van der Waals surface area contributed by atoms with Crippen molar-refractivity contribution in [3.8, 4) is 5.75 Å². The summed E-state index contributed by atoms with van der Waals surface area (Å²) in [6, 6.07) is 8.68. The summed E-state index contributed by atoms with van der Waals surface area (Å²) < 4.78 is 7.44. The third-order valence-electron chi connectivity index (χ3n) is 4.07. The Morgan fingerprint density at radius 1 is 1.43 bits per heavy atom. The molecular formula is C16H22N4O. The van der Waals surface area contributed by atoms with Crippen LogP contribution in [0, 0.1) is 6.92 Å². The van der Waals surface area contributed by atoms with Crippen LogP contribution < -0.4 is 16.0 Å². The van der Waals surface area contributed by atoms with Gasteiger partial charge in [-0.15, -0.1) is 0 Å². The Hall–Kier alpha value is -1.85. The van der Waals surface area contributed by atoms with E-state index in [1.54, 1.807) is 0 Å². The maximum Gasteiger partial charge on any atom is 0.122 e. The molecule has 21 heavy (non-hydrogen) atoms. The minimum absolute atomic E-state index is 0.112. The number of nitrogens with one attached hydrogen (secondary N) is 1. The summed E-state index contributed by atoms with van der Waals surface area (Å²) in [6.07, 6.45) is 2.93. The highest BCUT2D eigenvalue weighted by molar-refractivity contribution is 5.39. The highest BCUT2D eigenvalue weighted by atomic mass is 16.5. The molecule has 5 heteroatoms. The van der Waals surface area contributed by atoms with Crippen molar-refractivity contribution < 1.29 is 4.74 Å². The molecule has 112 valence electrons. The maximum atomic E-state index is 5.73. The summed E-state index contributed by atoms with van der Waals surface area (Å²) in [6.45, 7) is 2.80. The average Bonchev–Trinajstić information content (AvgIpc) is 3.05. The lowest BCUT2D eigenvalue weighted by molar-refractivity contribution is 0.357. The minimum Gasteiger partial charge on any atom is -0.493 e. The number of aryl methyl sites for hydroxylation is 3. The number of rotatable bonds is 5. The number of nitrogens with zero attached hydrogens (tertiary/aromatic N) is 2. The van der Waals surface area contributed by atoms with Crippen LogP contribution in [0.25, 0.3) is 0 Å². The van der Waals surface area contributed by atoms with Crippen molar-refractivity contribution in [3.63, 3.8) is 0 Å². The second kappa shape index (κ2) is 5.87. The van der Waals surface area contributed by atoms with Crippen molar-refractivity contribution in [1.82, 2.24) is 15.2 Å². The molecule has 3 N–H and O–H groups in total. The molecule has 2 heterocycles. The molecule has 3 rings (SSSR count). The van der Waals surface area contributed by atoms with E-state index in [0.29, 0.717) is 0 Å². The molecule has 0 bridgehead atoms. The molecule has 5 nitrogen and oxygen atoms in total. The van der Waals surface area contributed by atoms with E-state index in [9.17, 15) is 0 Å². The predicted molar refractivity (Wildman–Crippen MR) is 82.0 cm³/mol. The van der Waals surface area contributed by atoms with Gasteiger partial charge in [0.05, 0.1) is 24.0 Å². The third kappa shape index (κ3) is 2.94. The number of nitrogens with two attached hydrogens (primary N) is 1. The van der Waals surface area contributed by atoms with E-state index in [-0.39, 0.29) is 6.04 Å². The van der Waals surface area contributed by atoms with Gasteiger partial charge in [-0.05, 0) is 43.0 Å². The molecule has 1 aliphatic rings. The Kier molecular flexibility index (Phi) is 3.94.